The molecule has 57 heavy (non-hydrogen) atoms. The predicted molar refractivity (Wildman–Crippen MR) is 236 cm³/mol. The van der Waals surface area contributed by atoms with Crippen LogP contribution in [0.25, 0.3) is 115 Å². The highest BCUT2D eigenvalue weighted by Crippen LogP contribution is 2.43. The molecule has 4 aromatic heterocycles. The Labute approximate surface area is 330 Å². The molecule has 12 rings (SSSR count). The van der Waals surface area contributed by atoms with Crippen LogP contribution >= 0.6 is 11.3 Å². The lowest BCUT2D eigenvalue weighted by atomic mass is 9.99. The molecule has 0 aliphatic heterocycles. The van der Waals surface area contributed by atoms with Crippen molar-refractivity contribution in [3.05, 3.63) is 182 Å². The Kier molecular flexibility index (Phi) is 7.03. The molecule has 5 nitrogen and oxygen atoms in total. The standard InChI is InChI=1S/C51H30N4OS/c1-3-12-31(13-4-1)36-18-11-21-44-46(36)41-27-24-34(30-45(41)57-44)51-53-49(32-14-5-2-6-15-32)52-50(54-51)33-22-25-35(26-23-33)55-42-19-9-7-16-37(42)39-28-29-40-38-17-8-10-20-43(38)56-48(40)47(39)55/h1-30H. The lowest BCUT2D eigenvalue weighted by molar-refractivity contribution is 0.671. The smallest absolute Gasteiger partial charge is 0.164 e. The van der Waals surface area contributed by atoms with Crippen LogP contribution in [0.4, 0.5) is 0 Å². The van der Waals surface area contributed by atoms with E-state index in [0.717, 1.165) is 60.7 Å². The molecule has 0 atom stereocenters. The van der Waals surface area contributed by atoms with Gasteiger partial charge in [0.05, 0.1) is 11.0 Å². The molecule has 12 aromatic rings. The van der Waals surface area contributed by atoms with Gasteiger partial charge in [0.2, 0.25) is 0 Å². The van der Waals surface area contributed by atoms with Crippen LogP contribution in [0.2, 0.25) is 0 Å². The number of nitrogens with zero attached hydrogens (tertiary/aromatic N) is 4. The highest BCUT2D eigenvalue weighted by Gasteiger charge is 2.20. The zero-order valence-corrected chi connectivity index (χ0v) is 31.2. The van der Waals surface area contributed by atoms with Gasteiger partial charge >= 0.3 is 0 Å². The summed E-state index contributed by atoms with van der Waals surface area (Å²) in [6, 6.07) is 63.7. The van der Waals surface area contributed by atoms with Gasteiger partial charge < -0.3 is 8.98 Å². The Morgan fingerprint density at radius 2 is 1.04 bits per heavy atom. The Hall–Kier alpha value is -7.41. The monoisotopic (exact) mass is 746 g/mol. The zero-order chi connectivity index (χ0) is 37.5. The van der Waals surface area contributed by atoms with E-state index in [2.05, 4.69) is 144 Å². The van der Waals surface area contributed by atoms with E-state index in [1.165, 1.54) is 36.7 Å². The van der Waals surface area contributed by atoms with E-state index in [4.69, 9.17) is 19.4 Å². The summed E-state index contributed by atoms with van der Waals surface area (Å²) >= 11 is 1.80. The van der Waals surface area contributed by atoms with Crippen molar-refractivity contribution in [2.45, 2.75) is 0 Å². The van der Waals surface area contributed by atoms with Crippen molar-refractivity contribution in [1.82, 2.24) is 19.5 Å². The van der Waals surface area contributed by atoms with Gasteiger partial charge in [0.15, 0.2) is 23.1 Å². The van der Waals surface area contributed by atoms with Crippen LogP contribution in [0, 0.1) is 0 Å². The van der Waals surface area contributed by atoms with Crippen LogP contribution < -0.4 is 0 Å². The first-order valence-corrected chi connectivity index (χ1v) is 19.8. The van der Waals surface area contributed by atoms with E-state index in [0.29, 0.717) is 17.5 Å². The molecule has 0 saturated heterocycles. The van der Waals surface area contributed by atoms with Gasteiger partial charge in [0, 0.05) is 64.1 Å². The van der Waals surface area contributed by atoms with Gasteiger partial charge in [-0.1, -0.05) is 127 Å². The number of hydrogen-bond donors (Lipinski definition) is 0. The van der Waals surface area contributed by atoms with Gasteiger partial charge in [-0.25, -0.2) is 15.0 Å². The largest absolute Gasteiger partial charge is 0.454 e. The summed E-state index contributed by atoms with van der Waals surface area (Å²) in [5.41, 5.74) is 10.2. The Morgan fingerprint density at radius 1 is 0.421 bits per heavy atom. The first-order valence-electron chi connectivity index (χ1n) is 19.0. The highest BCUT2D eigenvalue weighted by molar-refractivity contribution is 7.26. The summed E-state index contributed by atoms with van der Waals surface area (Å²) in [6.45, 7) is 0. The maximum absolute atomic E-state index is 6.58. The minimum Gasteiger partial charge on any atom is -0.454 e. The molecule has 0 N–H and O–H groups in total. The fourth-order valence-corrected chi connectivity index (χ4v) is 9.60. The van der Waals surface area contributed by atoms with E-state index < -0.39 is 0 Å². The van der Waals surface area contributed by atoms with Crippen molar-refractivity contribution in [2.24, 2.45) is 0 Å². The molecule has 6 heteroatoms. The fraction of sp³-hybridized carbons (Fsp3) is 0. The SMILES string of the molecule is c1ccc(-c2nc(-c3ccc(-n4c5ccccc5c5ccc6c7ccccc7oc6c54)cc3)nc(-c3ccc4c(c3)sc3cccc(-c5ccccc5)c34)n2)cc1. The lowest BCUT2D eigenvalue weighted by Gasteiger charge is -2.11. The molecular formula is C51H30N4OS. The molecule has 0 unspecified atom stereocenters. The Balaban J connectivity index is 1.00. The molecule has 0 spiro atoms. The van der Waals surface area contributed by atoms with E-state index in [9.17, 15) is 0 Å². The normalized spacial score (nSPS) is 11.9. The minimum atomic E-state index is 0.620. The molecule has 0 amide bonds. The molecule has 8 aromatic carbocycles. The average molecular weight is 747 g/mol. The third kappa shape index (κ3) is 5.04. The van der Waals surface area contributed by atoms with Crippen molar-refractivity contribution in [3.63, 3.8) is 0 Å². The first kappa shape index (κ1) is 31.9. The molecule has 0 bridgehead atoms. The maximum Gasteiger partial charge on any atom is 0.164 e. The van der Waals surface area contributed by atoms with Crippen LogP contribution in [-0.2, 0) is 0 Å². The van der Waals surface area contributed by atoms with Crippen LogP contribution in [0.3, 0.4) is 0 Å². The summed E-state index contributed by atoms with van der Waals surface area (Å²) in [6.07, 6.45) is 0. The number of aromatic nitrogens is 4. The van der Waals surface area contributed by atoms with E-state index in [1.807, 2.05) is 42.5 Å². The van der Waals surface area contributed by atoms with Gasteiger partial charge in [-0.2, -0.15) is 0 Å². The number of fused-ring (bicyclic) bond motifs is 10. The van der Waals surface area contributed by atoms with Gasteiger partial charge in [0.1, 0.15) is 5.58 Å². The Morgan fingerprint density at radius 3 is 1.82 bits per heavy atom. The summed E-state index contributed by atoms with van der Waals surface area (Å²) in [5, 5.41) is 7.07. The van der Waals surface area contributed by atoms with Gasteiger partial charge in [-0.15, -0.1) is 11.3 Å². The van der Waals surface area contributed by atoms with Gasteiger partial charge in [-0.3, -0.25) is 0 Å². The summed E-state index contributed by atoms with van der Waals surface area (Å²) < 4.78 is 11.4. The van der Waals surface area contributed by atoms with Crippen molar-refractivity contribution in [3.8, 4) is 51.0 Å². The fourth-order valence-electron chi connectivity index (χ4n) is 8.43. The van der Waals surface area contributed by atoms with E-state index >= 15 is 0 Å². The van der Waals surface area contributed by atoms with Crippen molar-refractivity contribution >= 4 is 75.3 Å². The topological polar surface area (TPSA) is 56.7 Å². The summed E-state index contributed by atoms with van der Waals surface area (Å²) in [7, 11) is 0. The van der Waals surface area contributed by atoms with E-state index in [1.54, 1.807) is 11.3 Å². The van der Waals surface area contributed by atoms with Crippen molar-refractivity contribution in [2.75, 3.05) is 0 Å². The number of thiophene rings is 1. The van der Waals surface area contributed by atoms with Crippen molar-refractivity contribution in [1.29, 1.82) is 0 Å². The summed E-state index contributed by atoms with van der Waals surface area (Å²) in [5.74, 6) is 1.90. The van der Waals surface area contributed by atoms with Crippen LogP contribution in [0.5, 0.6) is 0 Å². The maximum atomic E-state index is 6.58. The molecule has 266 valence electrons. The number of furan rings is 1. The van der Waals surface area contributed by atoms with Gasteiger partial charge in [-0.05, 0) is 65.7 Å². The number of rotatable bonds is 5. The highest BCUT2D eigenvalue weighted by atomic mass is 32.1. The summed E-state index contributed by atoms with van der Waals surface area (Å²) in [4.78, 5) is 15.3. The molecule has 0 radical (unpaired) electrons. The van der Waals surface area contributed by atoms with E-state index in [-0.39, 0.29) is 0 Å². The average Bonchev–Trinajstić information content (AvgIpc) is 3.96. The number of para-hydroxylation sites is 2. The van der Waals surface area contributed by atoms with Crippen LogP contribution in [-0.4, -0.2) is 19.5 Å². The van der Waals surface area contributed by atoms with Gasteiger partial charge in [0.25, 0.3) is 0 Å². The third-order valence-electron chi connectivity index (χ3n) is 11.1. The zero-order valence-electron chi connectivity index (χ0n) is 30.4. The second kappa shape index (κ2) is 12.6. The molecule has 0 saturated carbocycles. The predicted octanol–water partition coefficient (Wildman–Crippen LogP) is 13.9. The lowest BCUT2D eigenvalue weighted by Crippen LogP contribution is -2.00. The number of hydrogen-bond acceptors (Lipinski definition) is 5. The Bertz CT molecular complexity index is 3510. The molecule has 4 heterocycles. The second-order valence-corrected chi connectivity index (χ2v) is 15.4. The van der Waals surface area contributed by atoms with Crippen molar-refractivity contribution < 1.29 is 4.42 Å². The third-order valence-corrected chi connectivity index (χ3v) is 12.2. The molecule has 0 aliphatic rings. The van der Waals surface area contributed by atoms with Crippen LogP contribution in [0.15, 0.2) is 186 Å². The number of benzene rings is 8. The quantitative estimate of drug-likeness (QED) is 0.176. The molecule has 0 aliphatic carbocycles. The van der Waals surface area contributed by atoms with Crippen LogP contribution in [0.1, 0.15) is 0 Å². The first-order chi connectivity index (χ1) is 28.2. The second-order valence-electron chi connectivity index (χ2n) is 14.4. The molecular weight excluding hydrogens is 717 g/mol. The minimum absolute atomic E-state index is 0.620. The molecule has 0 fully saturated rings.